The molecule has 0 bridgehead atoms. The summed E-state index contributed by atoms with van der Waals surface area (Å²) < 4.78 is 1.19. The largest absolute Gasteiger partial charge is 0.478 e. The van der Waals surface area contributed by atoms with Gasteiger partial charge in [0.25, 0.3) is 5.91 Å². The zero-order valence-corrected chi connectivity index (χ0v) is 10.5. The summed E-state index contributed by atoms with van der Waals surface area (Å²) in [6, 6.07) is 4.15. The number of hydrogen-bond acceptors (Lipinski definition) is 4. The number of aromatic nitrogens is 3. The van der Waals surface area contributed by atoms with Crippen LogP contribution in [0.25, 0.3) is 5.82 Å². The van der Waals surface area contributed by atoms with Gasteiger partial charge >= 0.3 is 5.97 Å². The van der Waals surface area contributed by atoms with E-state index in [-0.39, 0.29) is 28.1 Å². The first-order valence-corrected chi connectivity index (χ1v) is 5.58. The first-order valence-electron chi connectivity index (χ1n) is 5.21. The number of pyridine rings is 1. The molecule has 0 fully saturated rings. The average Bonchev–Trinajstić information content (AvgIpc) is 2.86. The SMILES string of the molecule is CNC(=O)c1ccn(-c2nc(Cl)ccc2C(=O)O)n1. The fourth-order valence-corrected chi connectivity index (χ4v) is 1.60. The molecule has 2 N–H and O–H groups in total. The highest BCUT2D eigenvalue weighted by molar-refractivity contribution is 6.29. The van der Waals surface area contributed by atoms with Crippen LogP contribution < -0.4 is 5.32 Å². The fraction of sp³-hybridized carbons (Fsp3) is 0.0909. The summed E-state index contributed by atoms with van der Waals surface area (Å²) in [6.07, 6.45) is 1.44. The summed E-state index contributed by atoms with van der Waals surface area (Å²) in [6.45, 7) is 0. The number of hydrogen-bond donors (Lipinski definition) is 2. The van der Waals surface area contributed by atoms with E-state index in [0.717, 1.165) is 0 Å². The van der Waals surface area contributed by atoms with Gasteiger partial charge in [0, 0.05) is 13.2 Å². The number of rotatable bonds is 3. The number of nitrogens with one attached hydrogen (secondary N) is 1. The number of carboxylic acids is 1. The van der Waals surface area contributed by atoms with E-state index in [1.165, 1.54) is 36.1 Å². The molecule has 0 saturated heterocycles. The molecule has 2 aromatic heterocycles. The van der Waals surface area contributed by atoms with Crippen molar-refractivity contribution in [2.24, 2.45) is 0 Å². The summed E-state index contributed by atoms with van der Waals surface area (Å²) in [4.78, 5) is 26.4. The molecule has 7 nitrogen and oxygen atoms in total. The Morgan fingerprint density at radius 1 is 1.37 bits per heavy atom. The monoisotopic (exact) mass is 280 g/mol. The van der Waals surface area contributed by atoms with Gasteiger partial charge in [0.1, 0.15) is 10.7 Å². The van der Waals surface area contributed by atoms with Crippen molar-refractivity contribution in [1.29, 1.82) is 0 Å². The zero-order valence-electron chi connectivity index (χ0n) is 9.79. The van der Waals surface area contributed by atoms with Crippen molar-refractivity contribution >= 4 is 23.5 Å². The predicted octanol–water partition coefficient (Wildman–Crippen LogP) is 0.979. The summed E-state index contributed by atoms with van der Waals surface area (Å²) in [5, 5.41) is 15.6. The Bertz CT molecular complexity index is 653. The Morgan fingerprint density at radius 2 is 2.11 bits per heavy atom. The Morgan fingerprint density at radius 3 is 2.74 bits per heavy atom. The molecule has 0 atom stereocenters. The molecular formula is C11H9ClN4O3. The third kappa shape index (κ3) is 2.55. The van der Waals surface area contributed by atoms with E-state index < -0.39 is 5.97 Å². The van der Waals surface area contributed by atoms with Crippen molar-refractivity contribution in [2.45, 2.75) is 0 Å². The number of aromatic carboxylic acids is 1. The fourth-order valence-electron chi connectivity index (χ4n) is 1.46. The van der Waals surface area contributed by atoms with Crippen LogP contribution >= 0.6 is 11.6 Å². The molecule has 2 aromatic rings. The first-order chi connectivity index (χ1) is 9.02. The second-order valence-corrected chi connectivity index (χ2v) is 3.92. The molecule has 0 aliphatic carbocycles. The predicted molar refractivity (Wildman–Crippen MR) is 66.7 cm³/mol. The maximum atomic E-state index is 11.4. The van der Waals surface area contributed by atoms with Crippen LogP contribution in [0.1, 0.15) is 20.8 Å². The van der Waals surface area contributed by atoms with Crippen molar-refractivity contribution in [1.82, 2.24) is 20.1 Å². The number of carbonyl (C=O) groups excluding carboxylic acids is 1. The molecule has 0 radical (unpaired) electrons. The van der Waals surface area contributed by atoms with E-state index in [0.29, 0.717) is 0 Å². The van der Waals surface area contributed by atoms with Crippen LogP contribution in [-0.2, 0) is 0 Å². The topological polar surface area (TPSA) is 97.1 Å². The number of nitrogens with zero attached hydrogens (tertiary/aromatic N) is 3. The van der Waals surface area contributed by atoms with Crippen molar-refractivity contribution in [3.8, 4) is 5.82 Å². The summed E-state index contributed by atoms with van der Waals surface area (Å²) in [5.41, 5.74) is 0.0940. The van der Waals surface area contributed by atoms with E-state index in [1.807, 2.05) is 0 Å². The van der Waals surface area contributed by atoms with Gasteiger partial charge in [-0.2, -0.15) is 5.10 Å². The molecule has 98 valence electrons. The molecule has 2 rings (SSSR count). The van der Waals surface area contributed by atoms with Crippen molar-refractivity contribution < 1.29 is 14.7 Å². The van der Waals surface area contributed by atoms with Crippen molar-refractivity contribution in [3.63, 3.8) is 0 Å². The average molecular weight is 281 g/mol. The molecule has 0 saturated carbocycles. The van der Waals surface area contributed by atoms with Crippen LogP contribution in [0.3, 0.4) is 0 Å². The highest BCUT2D eigenvalue weighted by Gasteiger charge is 2.16. The highest BCUT2D eigenvalue weighted by Crippen LogP contribution is 2.15. The highest BCUT2D eigenvalue weighted by atomic mass is 35.5. The van der Waals surface area contributed by atoms with Crippen LogP contribution in [0.2, 0.25) is 5.15 Å². The molecular weight excluding hydrogens is 272 g/mol. The molecule has 0 unspecified atom stereocenters. The van der Waals surface area contributed by atoms with E-state index in [4.69, 9.17) is 16.7 Å². The molecule has 0 aliphatic rings. The van der Waals surface area contributed by atoms with Gasteiger partial charge in [-0.15, -0.1) is 0 Å². The number of amides is 1. The lowest BCUT2D eigenvalue weighted by Gasteiger charge is -2.05. The van der Waals surface area contributed by atoms with Crippen LogP contribution in [0.5, 0.6) is 0 Å². The minimum atomic E-state index is -1.16. The number of carboxylic acid groups (broad SMARTS) is 1. The summed E-state index contributed by atoms with van der Waals surface area (Å²) in [5.74, 6) is -1.48. The van der Waals surface area contributed by atoms with E-state index in [9.17, 15) is 9.59 Å². The van der Waals surface area contributed by atoms with Gasteiger partial charge in [0.2, 0.25) is 0 Å². The van der Waals surface area contributed by atoms with Crippen molar-refractivity contribution in [2.75, 3.05) is 7.05 Å². The minimum absolute atomic E-state index is 0.0511. The van der Waals surface area contributed by atoms with Gasteiger partial charge in [0.15, 0.2) is 11.5 Å². The van der Waals surface area contributed by atoms with Crippen LogP contribution in [0.15, 0.2) is 24.4 Å². The van der Waals surface area contributed by atoms with Gasteiger partial charge in [0.05, 0.1) is 0 Å². The molecule has 1 amide bonds. The third-order valence-electron chi connectivity index (χ3n) is 2.34. The Labute approximate surface area is 112 Å². The number of halogens is 1. The maximum Gasteiger partial charge on any atom is 0.339 e. The quantitative estimate of drug-likeness (QED) is 0.817. The molecule has 0 spiro atoms. The normalized spacial score (nSPS) is 10.2. The molecule has 0 aliphatic heterocycles. The Kier molecular flexibility index (Phi) is 3.48. The van der Waals surface area contributed by atoms with E-state index in [2.05, 4.69) is 15.4 Å². The van der Waals surface area contributed by atoms with Crippen LogP contribution in [0, 0.1) is 0 Å². The smallest absolute Gasteiger partial charge is 0.339 e. The minimum Gasteiger partial charge on any atom is -0.478 e. The summed E-state index contributed by atoms with van der Waals surface area (Å²) in [7, 11) is 1.47. The number of carbonyl (C=O) groups is 2. The third-order valence-corrected chi connectivity index (χ3v) is 2.55. The Hall–Kier alpha value is -2.41. The molecule has 0 aromatic carbocycles. The molecule has 2 heterocycles. The summed E-state index contributed by atoms with van der Waals surface area (Å²) >= 11 is 5.74. The van der Waals surface area contributed by atoms with E-state index in [1.54, 1.807) is 0 Å². The lowest BCUT2D eigenvalue weighted by Crippen LogP contribution is -2.19. The van der Waals surface area contributed by atoms with Gasteiger partial charge in [-0.3, -0.25) is 4.79 Å². The molecule has 19 heavy (non-hydrogen) atoms. The van der Waals surface area contributed by atoms with Gasteiger partial charge in [-0.1, -0.05) is 11.6 Å². The first kappa shape index (κ1) is 13.0. The maximum absolute atomic E-state index is 11.4. The van der Waals surface area contributed by atoms with Gasteiger partial charge < -0.3 is 10.4 Å². The van der Waals surface area contributed by atoms with Gasteiger partial charge in [-0.25, -0.2) is 14.5 Å². The Balaban J connectivity index is 2.52. The van der Waals surface area contributed by atoms with E-state index >= 15 is 0 Å². The lowest BCUT2D eigenvalue weighted by atomic mass is 10.2. The second kappa shape index (κ2) is 5.07. The van der Waals surface area contributed by atoms with Crippen LogP contribution in [0.4, 0.5) is 0 Å². The standard InChI is InChI=1S/C11H9ClN4O3/c1-13-10(17)7-4-5-16(15-7)9-6(11(18)19)2-3-8(12)14-9/h2-5H,1H3,(H,13,17)(H,18,19). The zero-order chi connectivity index (χ0) is 14.0. The lowest BCUT2D eigenvalue weighted by molar-refractivity contribution is 0.0696. The second-order valence-electron chi connectivity index (χ2n) is 3.53. The van der Waals surface area contributed by atoms with Crippen LogP contribution in [-0.4, -0.2) is 38.8 Å². The van der Waals surface area contributed by atoms with Crippen molar-refractivity contribution in [3.05, 3.63) is 40.8 Å². The van der Waals surface area contributed by atoms with Gasteiger partial charge in [-0.05, 0) is 18.2 Å². The molecule has 8 heteroatoms.